The summed E-state index contributed by atoms with van der Waals surface area (Å²) < 4.78 is 16.1. The van der Waals surface area contributed by atoms with Crippen LogP contribution in [0.3, 0.4) is 0 Å². The van der Waals surface area contributed by atoms with Crippen molar-refractivity contribution >= 4 is 5.91 Å². The van der Waals surface area contributed by atoms with Crippen LogP contribution in [0.5, 0.6) is 11.5 Å². The molecule has 1 saturated heterocycles. The molecular weight excluding hydrogens is 296 g/mol. The van der Waals surface area contributed by atoms with Crippen molar-refractivity contribution in [2.75, 3.05) is 40.0 Å². The lowest BCUT2D eigenvalue weighted by Gasteiger charge is -2.11. The summed E-state index contributed by atoms with van der Waals surface area (Å²) in [5, 5.41) is 6.10. The van der Waals surface area contributed by atoms with Crippen LogP contribution >= 0.6 is 0 Å². The fraction of sp³-hybridized carbons (Fsp3) is 0.588. The maximum atomic E-state index is 11.7. The van der Waals surface area contributed by atoms with E-state index < -0.39 is 0 Å². The zero-order chi connectivity index (χ0) is 16.3. The normalized spacial score (nSPS) is 17.0. The number of benzene rings is 1. The molecule has 1 aromatic rings. The Balaban J connectivity index is 1.47. The molecule has 6 heteroatoms. The van der Waals surface area contributed by atoms with Crippen LogP contribution in [0.2, 0.25) is 0 Å². The number of ether oxygens (including phenoxy) is 3. The maximum absolute atomic E-state index is 11.7. The zero-order valence-electron chi connectivity index (χ0n) is 13.7. The van der Waals surface area contributed by atoms with Crippen molar-refractivity contribution in [3.05, 3.63) is 24.3 Å². The Bertz CT molecular complexity index is 458. The van der Waals surface area contributed by atoms with Gasteiger partial charge in [-0.15, -0.1) is 0 Å². The van der Waals surface area contributed by atoms with Crippen LogP contribution in [0.1, 0.15) is 19.3 Å². The minimum Gasteiger partial charge on any atom is -0.497 e. The van der Waals surface area contributed by atoms with Crippen molar-refractivity contribution in [2.24, 2.45) is 0 Å². The molecule has 2 rings (SSSR count). The van der Waals surface area contributed by atoms with Gasteiger partial charge in [0.1, 0.15) is 18.1 Å². The van der Waals surface area contributed by atoms with Crippen LogP contribution in [0, 0.1) is 0 Å². The molecule has 1 unspecified atom stereocenters. The standard InChI is InChI=1S/C17H26N2O4/c1-21-14-4-6-15(7-5-14)23-12-10-19-17(20)8-9-18-13-16-3-2-11-22-16/h4-7,16,18H,2-3,8-13H2,1H3,(H,19,20). The highest BCUT2D eigenvalue weighted by atomic mass is 16.5. The molecule has 1 aliphatic heterocycles. The summed E-state index contributed by atoms with van der Waals surface area (Å²) in [5.74, 6) is 1.59. The highest BCUT2D eigenvalue weighted by Crippen LogP contribution is 2.16. The third-order valence-corrected chi connectivity index (χ3v) is 3.68. The monoisotopic (exact) mass is 322 g/mol. The number of nitrogens with one attached hydrogen (secondary N) is 2. The Kier molecular flexibility index (Phi) is 7.69. The van der Waals surface area contributed by atoms with Crippen molar-refractivity contribution in [2.45, 2.75) is 25.4 Å². The predicted octanol–water partition coefficient (Wildman–Crippen LogP) is 1.35. The molecule has 23 heavy (non-hydrogen) atoms. The molecule has 6 nitrogen and oxygen atoms in total. The van der Waals surface area contributed by atoms with E-state index in [1.54, 1.807) is 7.11 Å². The molecule has 0 saturated carbocycles. The SMILES string of the molecule is COc1ccc(OCCNC(=O)CCNCC2CCCO2)cc1. The second kappa shape index (κ2) is 10.1. The van der Waals surface area contributed by atoms with E-state index in [1.165, 1.54) is 0 Å². The van der Waals surface area contributed by atoms with Crippen LogP contribution in [-0.2, 0) is 9.53 Å². The molecule has 2 N–H and O–H groups in total. The lowest BCUT2D eigenvalue weighted by Crippen LogP contribution is -2.33. The first kappa shape index (κ1) is 17.6. The molecule has 0 radical (unpaired) electrons. The predicted molar refractivity (Wildman–Crippen MR) is 88.0 cm³/mol. The average molecular weight is 322 g/mol. The van der Waals surface area contributed by atoms with E-state index in [1.807, 2.05) is 24.3 Å². The fourth-order valence-corrected chi connectivity index (χ4v) is 2.39. The van der Waals surface area contributed by atoms with Crippen LogP contribution in [-0.4, -0.2) is 52.0 Å². The summed E-state index contributed by atoms with van der Waals surface area (Å²) >= 11 is 0. The number of carbonyl (C=O) groups excluding carboxylic acids is 1. The van der Waals surface area contributed by atoms with Crippen LogP contribution in [0.15, 0.2) is 24.3 Å². The highest BCUT2D eigenvalue weighted by molar-refractivity contribution is 5.76. The highest BCUT2D eigenvalue weighted by Gasteiger charge is 2.14. The van der Waals surface area contributed by atoms with E-state index in [2.05, 4.69) is 10.6 Å². The van der Waals surface area contributed by atoms with E-state index in [-0.39, 0.29) is 5.91 Å². The van der Waals surface area contributed by atoms with E-state index in [9.17, 15) is 4.79 Å². The van der Waals surface area contributed by atoms with Crippen LogP contribution in [0.4, 0.5) is 0 Å². The number of rotatable bonds is 10. The summed E-state index contributed by atoms with van der Waals surface area (Å²) in [4.78, 5) is 11.7. The Morgan fingerprint density at radius 3 is 2.74 bits per heavy atom. The molecule has 0 aromatic heterocycles. The number of carbonyl (C=O) groups is 1. The minimum atomic E-state index is 0.0307. The quantitative estimate of drug-likeness (QED) is 0.637. The molecule has 0 bridgehead atoms. The molecule has 1 aromatic carbocycles. The minimum absolute atomic E-state index is 0.0307. The first-order valence-corrected chi connectivity index (χ1v) is 8.14. The average Bonchev–Trinajstić information content (AvgIpc) is 3.09. The first-order chi connectivity index (χ1) is 11.3. The molecule has 1 fully saturated rings. The van der Waals surface area contributed by atoms with Crippen molar-refractivity contribution in [3.63, 3.8) is 0 Å². The third kappa shape index (κ3) is 6.88. The Labute approximate surface area is 137 Å². The Morgan fingerprint density at radius 2 is 2.04 bits per heavy atom. The number of hydrogen-bond donors (Lipinski definition) is 2. The summed E-state index contributed by atoms with van der Waals surface area (Å²) in [6, 6.07) is 7.37. The molecule has 1 amide bonds. The van der Waals surface area contributed by atoms with Gasteiger partial charge in [-0.05, 0) is 37.1 Å². The van der Waals surface area contributed by atoms with Gasteiger partial charge in [0.2, 0.25) is 5.91 Å². The Morgan fingerprint density at radius 1 is 1.26 bits per heavy atom. The van der Waals surface area contributed by atoms with Crippen molar-refractivity contribution in [3.8, 4) is 11.5 Å². The fourth-order valence-electron chi connectivity index (χ4n) is 2.39. The van der Waals surface area contributed by atoms with Gasteiger partial charge in [-0.25, -0.2) is 0 Å². The van der Waals surface area contributed by atoms with Gasteiger partial charge in [0.25, 0.3) is 0 Å². The molecule has 1 atom stereocenters. The van der Waals surface area contributed by atoms with Crippen molar-refractivity contribution in [1.82, 2.24) is 10.6 Å². The topological polar surface area (TPSA) is 68.8 Å². The molecule has 1 heterocycles. The molecule has 128 valence electrons. The van der Waals surface area contributed by atoms with Gasteiger partial charge in [0, 0.05) is 26.1 Å². The van der Waals surface area contributed by atoms with Gasteiger partial charge in [0.15, 0.2) is 0 Å². The van der Waals surface area contributed by atoms with Crippen LogP contribution < -0.4 is 20.1 Å². The van der Waals surface area contributed by atoms with Gasteiger partial charge >= 0.3 is 0 Å². The smallest absolute Gasteiger partial charge is 0.221 e. The molecule has 0 aliphatic carbocycles. The number of hydrogen-bond acceptors (Lipinski definition) is 5. The third-order valence-electron chi connectivity index (χ3n) is 3.68. The van der Waals surface area contributed by atoms with Gasteiger partial charge in [-0.2, -0.15) is 0 Å². The molecule has 1 aliphatic rings. The first-order valence-electron chi connectivity index (χ1n) is 8.14. The van der Waals surface area contributed by atoms with Crippen LogP contribution in [0.25, 0.3) is 0 Å². The van der Waals surface area contributed by atoms with Gasteiger partial charge in [-0.3, -0.25) is 4.79 Å². The van der Waals surface area contributed by atoms with E-state index >= 15 is 0 Å². The van der Waals surface area contributed by atoms with E-state index in [0.717, 1.165) is 37.5 Å². The van der Waals surface area contributed by atoms with Crippen molar-refractivity contribution in [1.29, 1.82) is 0 Å². The second-order valence-electron chi connectivity index (χ2n) is 5.46. The summed E-state index contributed by atoms with van der Waals surface area (Å²) in [6.07, 6.45) is 3.04. The zero-order valence-corrected chi connectivity index (χ0v) is 13.7. The second-order valence-corrected chi connectivity index (χ2v) is 5.46. The number of amides is 1. The summed E-state index contributed by atoms with van der Waals surface area (Å²) in [5.41, 5.74) is 0. The lowest BCUT2D eigenvalue weighted by molar-refractivity contribution is -0.121. The Hall–Kier alpha value is -1.79. The summed E-state index contributed by atoms with van der Waals surface area (Å²) in [6.45, 7) is 3.30. The lowest BCUT2D eigenvalue weighted by atomic mass is 10.2. The largest absolute Gasteiger partial charge is 0.497 e. The van der Waals surface area contributed by atoms with Gasteiger partial charge in [0.05, 0.1) is 19.8 Å². The van der Waals surface area contributed by atoms with E-state index in [4.69, 9.17) is 14.2 Å². The molecular formula is C17H26N2O4. The van der Waals surface area contributed by atoms with Gasteiger partial charge in [-0.1, -0.05) is 0 Å². The maximum Gasteiger partial charge on any atom is 0.221 e. The summed E-state index contributed by atoms with van der Waals surface area (Å²) in [7, 11) is 1.63. The molecule has 0 spiro atoms. The number of methoxy groups -OCH3 is 1. The van der Waals surface area contributed by atoms with Gasteiger partial charge < -0.3 is 24.8 Å². The van der Waals surface area contributed by atoms with E-state index in [0.29, 0.717) is 32.2 Å². The van der Waals surface area contributed by atoms with Crippen molar-refractivity contribution < 1.29 is 19.0 Å².